The summed E-state index contributed by atoms with van der Waals surface area (Å²) in [6.07, 6.45) is 3.03. The maximum Gasteiger partial charge on any atom is 0.246 e. The highest BCUT2D eigenvalue weighted by Gasteiger charge is 2.15. The molecule has 1 unspecified atom stereocenters. The summed E-state index contributed by atoms with van der Waals surface area (Å²) in [6.45, 7) is 3.08. The topological polar surface area (TPSA) is 87.7 Å². The van der Waals surface area contributed by atoms with Crippen LogP contribution in [0.2, 0.25) is 0 Å². The first-order valence-electron chi connectivity index (χ1n) is 9.08. The van der Waals surface area contributed by atoms with Crippen molar-refractivity contribution in [3.05, 3.63) is 60.2 Å². The van der Waals surface area contributed by atoms with Crippen LogP contribution < -0.4 is 20.3 Å². The molecule has 2 N–H and O–H groups in total. The van der Waals surface area contributed by atoms with Crippen molar-refractivity contribution in [2.45, 2.75) is 19.9 Å². The molecule has 0 heterocycles. The Morgan fingerprint density at radius 3 is 2.21 bits per heavy atom. The number of ether oxygens (including phenoxy) is 1. The number of methoxy groups -OCH3 is 1. The van der Waals surface area contributed by atoms with Crippen molar-refractivity contribution in [1.29, 1.82) is 0 Å². The zero-order valence-corrected chi connectivity index (χ0v) is 16.9. The molecule has 0 fully saturated rings. The summed E-state index contributed by atoms with van der Waals surface area (Å²) in [7, 11) is 3.26. The van der Waals surface area contributed by atoms with E-state index in [4.69, 9.17) is 4.74 Å². The largest absolute Gasteiger partial charge is 0.497 e. The third kappa shape index (κ3) is 6.49. The smallest absolute Gasteiger partial charge is 0.246 e. The van der Waals surface area contributed by atoms with Crippen LogP contribution in [0.5, 0.6) is 5.75 Å². The van der Waals surface area contributed by atoms with Gasteiger partial charge in [-0.1, -0.05) is 12.1 Å². The Labute approximate surface area is 170 Å². The van der Waals surface area contributed by atoms with Crippen LogP contribution in [0.15, 0.2) is 54.6 Å². The second kappa shape index (κ2) is 10.1. The number of carbonyl (C=O) groups is 3. The van der Waals surface area contributed by atoms with E-state index in [9.17, 15) is 14.4 Å². The monoisotopic (exact) mass is 395 g/mol. The third-order valence-corrected chi connectivity index (χ3v) is 4.29. The Balaban J connectivity index is 1.88. The quantitative estimate of drug-likeness (QED) is 0.706. The number of nitrogens with zero attached hydrogens (tertiary/aromatic N) is 1. The lowest BCUT2D eigenvalue weighted by atomic mass is 10.2. The highest BCUT2D eigenvalue weighted by atomic mass is 16.5. The highest BCUT2D eigenvalue weighted by Crippen LogP contribution is 2.17. The molecule has 0 aliphatic rings. The van der Waals surface area contributed by atoms with Crippen molar-refractivity contribution in [3.63, 3.8) is 0 Å². The van der Waals surface area contributed by atoms with Crippen LogP contribution in [0.3, 0.4) is 0 Å². The first kappa shape index (κ1) is 21.7. The van der Waals surface area contributed by atoms with E-state index in [0.717, 1.165) is 17.0 Å². The van der Waals surface area contributed by atoms with Crippen molar-refractivity contribution in [1.82, 2.24) is 5.32 Å². The summed E-state index contributed by atoms with van der Waals surface area (Å²) in [6, 6.07) is 13.4. The zero-order valence-electron chi connectivity index (χ0n) is 16.9. The average molecular weight is 395 g/mol. The molecule has 2 aromatic carbocycles. The molecule has 0 aliphatic heterocycles. The summed E-state index contributed by atoms with van der Waals surface area (Å²) in [4.78, 5) is 37.2. The molecule has 3 amide bonds. The van der Waals surface area contributed by atoms with E-state index in [1.165, 1.54) is 17.9 Å². The van der Waals surface area contributed by atoms with Gasteiger partial charge in [-0.3, -0.25) is 14.4 Å². The molecule has 0 saturated heterocycles. The Bertz CT molecular complexity index is 889. The van der Waals surface area contributed by atoms with Crippen molar-refractivity contribution in [3.8, 4) is 5.75 Å². The van der Waals surface area contributed by atoms with E-state index >= 15 is 0 Å². The van der Waals surface area contributed by atoms with Crippen molar-refractivity contribution >= 4 is 35.2 Å². The lowest BCUT2D eigenvalue weighted by Gasteiger charge is -2.16. The second-order valence-corrected chi connectivity index (χ2v) is 6.45. The first-order valence-corrected chi connectivity index (χ1v) is 9.08. The summed E-state index contributed by atoms with van der Waals surface area (Å²) in [5.41, 5.74) is 2.14. The Kier molecular flexibility index (Phi) is 7.54. The van der Waals surface area contributed by atoms with E-state index < -0.39 is 6.04 Å². The molecule has 2 rings (SSSR count). The molecule has 7 heteroatoms. The van der Waals surface area contributed by atoms with Gasteiger partial charge in [-0.2, -0.15) is 0 Å². The van der Waals surface area contributed by atoms with Crippen LogP contribution in [0.4, 0.5) is 11.4 Å². The number of hydrogen-bond donors (Lipinski definition) is 2. The van der Waals surface area contributed by atoms with Gasteiger partial charge in [-0.25, -0.2) is 0 Å². The molecular formula is C22H25N3O4. The van der Waals surface area contributed by atoms with Crippen molar-refractivity contribution < 1.29 is 19.1 Å². The number of carbonyl (C=O) groups excluding carboxylic acids is 3. The van der Waals surface area contributed by atoms with E-state index in [0.29, 0.717) is 5.69 Å². The number of anilines is 2. The van der Waals surface area contributed by atoms with Gasteiger partial charge in [-0.05, 0) is 55.0 Å². The molecule has 1 atom stereocenters. The predicted molar refractivity (Wildman–Crippen MR) is 114 cm³/mol. The number of nitrogens with one attached hydrogen (secondary N) is 2. The molecule has 0 aliphatic carbocycles. The van der Waals surface area contributed by atoms with Crippen LogP contribution in [-0.2, 0) is 14.4 Å². The number of benzene rings is 2. The van der Waals surface area contributed by atoms with E-state index in [2.05, 4.69) is 10.6 Å². The minimum atomic E-state index is -0.720. The average Bonchev–Trinajstić information content (AvgIpc) is 2.72. The molecule has 0 aromatic heterocycles. The Hall–Kier alpha value is -3.61. The molecule has 0 bridgehead atoms. The van der Waals surface area contributed by atoms with E-state index in [1.54, 1.807) is 63.6 Å². The Morgan fingerprint density at radius 2 is 1.66 bits per heavy atom. The van der Waals surface area contributed by atoms with Gasteiger partial charge in [0, 0.05) is 31.4 Å². The van der Waals surface area contributed by atoms with Gasteiger partial charge in [0.2, 0.25) is 17.7 Å². The van der Waals surface area contributed by atoms with Crippen LogP contribution in [0, 0.1) is 0 Å². The minimum absolute atomic E-state index is 0.0826. The van der Waals surface area contributed by atoms with Crippen LogP contribution >= 0.6 is 0 Å². The summed E-state index contributed by atoms with van der Waals surface area (Å²) in [5.74, 6) is -0.0653. The Morgan fingerprint density at radius 1 is 1.03 bits per heavy atom. The maximum absolute atomic E-state index is 12.3. The summed E-state index contributed by atoms with van der Waals surface area (Å²) >= 11 is 0. The SMILES string of the molecule is COc1ccc(/C=C/C(=O)NC(C)C(=O)Nc2ccc(N(C)C(C)=O)cc2)cc1. The molecule has 0 spiro atoms. The van der Waals surface area contributed by atoms with Crippen LogP contribution in [0.1, 0.15) is 19.4 Å². The number of hydrogen-bond acceptors (Lipinski definition) is 4. The number of amides is 3. The standard InChI is InChI=1S/C22H25N3O4/c1-15(23-21(27)14-7-17-5-12-20(29-4)13-6-17)22(28)24-18-8-10-19(11-9-18)25(3)16(2)26/h5-15H,1-4H3,(H,23,27)(H,24,28)/b14-7+. The minimum Gasteiger partial charge on any atom is -0.497 e. The van der Waals surface area contributed by atoms with Gasteiger partial charge in [0.05, 0.1) is 7.11 Å². The van der Waals surface area contributed by atoms with Gasteiger partial charge in [0.25, 0.3) is 0 Å². The third-order valence-electron chi connectivity index (χ3n) is 4.29. The van der Waals surface area contributed by atoms with Gasteiger partial charge in [-0.15, -0.1) is 0 Å². The molecule has 7 nitrogen and oxygen atoms in total. The van der Waals surface area contributed by atoms with Gasteiger partial charge in [0.15, 0.2) is 0 Å². The molecule has 29 heavy (non-hydrogen) atoms. The van der Waals surface area contributed by atoms with Crippen LogP contribution in [-0.4, -0.2) is 37.9 Å². The van der Waals surface area contributed by atoms with Gasteiger partial charge >= 0.3 is 0 Å². The summed E-state index contributed by atoms with van der Waals surface area (Å²) < 4.78 is 5.09. The molecule has 0 radical (unpaired) electrons. The lowest BCUT2D eigenvalue weighted by Crippen LogP contribution is -2.40. The van der Waals surface area contributed by atoms with Crippen molar-refractivity contribution in [2.24, 2.45) is 0 Å². The molecular weight excluding hydrogens is 370 g/mol. The van der Waals surface area contributed by atoms with Crippen LogP contribution in [0.25, 0.3) is 6.08 Å². The maximum atomic E-state index is 12.3. The molecule has 2 aromatic rings. The second-order valence-electron chi connectivity index (χ2n) is 6.45. The fourth-order valence-electron chi connectivity index (χ4n) is 2.41. The van der Waals surface area contributed by atoms with E-state index in [1.807, 2.05) is 12.1 Å². The summed E-state index contributed by atoms with van der Waals surface area (Å²) in [5, 5.41) is 5.36. The van der Waals surface area contributed by atoms with Gasteiger partial charge < -0.3 is 20.3 Å². The predicted octanol–water partition coefficient (Wildman–Crippen LogP) is 2.83. The molecule has 0 saturated carbocycles. The first-order chi connectivity index (χ1) is 13.8. The van der Waals surface area contributed by atoms with Gasteiger partial charge in [0.1, 0.15) is 11.8 Å². The molecule has 152 valence electrons. The van der Waals surface area contributed by atoms with E-state index in [-0.39, 0.29) is 17.7 Å². The fourth-order valence-corrected chi connectivity index (χ4v) is 2.41. The fraction of sp³-hybridized carbons (Fsp3) is 0.227. The zero-order chi connectivity index (χ0) is 21.4. The number of rotatable bonds is 7. The van der Waals surface area contributed by atoms with Crippen molar-refractivity contribution in [2.75, 3.05) is 24.4 Å². The highest BCUT2D eigenvalue weighted by molar-refractivity contribution is 6.00. The lowest BCUT2D eigenvalue weighted by molar-refractivity contribution is -0.123. The normalized spacial score (nSPS) is 11.6.